The lowest BCUT2D eigenvalue weighted by Crippen LogP contribution is -2.19. The van der Waals surface area contributed by atoms with Crippen LogP contribution in [0.4, 0.5) is 0 Å². The molecule has 2 atom stereocenters. The van der Waals surface area contributed by atoms with E-state index in [0.29, 0.717) is 22.0 Å². The Hall–Kier alpha value is -1.56. The smallest absolute Gasteiger partial charge is 0.338 e. The molecular formula is C14H16ClNO4. The maximum absolute atomic E-state index is 11.8. The van der Waals surface area contributed by atoms with Gasteiger partial charge in [0.25, 0.3) is 0 Å². The number of methoxy groups -OCH3 is 1. The minimum Gasteiger partial charge on any atom is -0.465 e. The number of aromatic nitrogens is 1. The van der Waals surface area contributed by atoms with Gasteiger partial charge < -0.3 is 19.9 Å². The molecule has 0 bridgehead atoms. The molecule has 2 aromatic rings. The minimum atomic E-state index is -1.11. The second-order valence-corrected chi connectivity index (χ2v) is 4.87. The highest BCUT2D eigenvalue weighted by Gasteiger charge is 2.21. The molecule has 1 heterocycles. The van der Waals surface area contributed by atoms with Crippen LogP contribution in [0.15, 0.2) is 24.4 Å². The van der Waals surface area contributed by atoms with E-state index in [9.17, 15) is 15.0 Å². The molecular weight excluding hydrogens is 282 g/mol. The van der Waals surface area contributed by atoms with Gasteiger partial charge in [-0.25, -0.2) is 4.79 Å². The summed E-state index contributed by atoms with van der Waals surface area (Å²) in [5.74, 6) is -0.247. The molecule has 1 aromatic carbocycles. The summed E-state index contributed by atoms with van der Waals surface area (Å²) in [4.78, 5) is 14.8. The lowest BCUT2D eigenvalue weighted by molar-refractivity contribution is 0.0170. The van der Waals surface area contributed by atoms with E-state index in [0.717, 1.165) is 0 Å². The molecule has 1 aromatic heterocycles. The number of hydrogen-bond acceptors (Lipinski definition) is 4. The Morgan fingerprint density at radius 2 is 2.20 bits per heavy atom. The highest BCUT2D eigenvalue weighted by atomic mass is 35.5. The summed E-state index contributed by atoms with van der Waals surface area (Å²) in [5.41, 5.74) is 1.48. The molecule has 0 fully saturated rings. The first-order chi connectivity index (χ1) is 9.58. The van der Waals surface area contributed by atoms with Crippen molar-refractivity contribution in [2.24, 2.45) is 0 Å². The normalized spacial score (nSPS) is 14.2. The second kappa shape index (κ2) is 6.26. The van der Waals surface area contributed by atoms with Crippen LogP contribution in [0, 0.1) is 0 Å². The van der Waals surface area contributed by atoms with E-state index in [4.69, 9.17) is 16.3 Å². The maximum atomic E-state index is 11.8. The van der Waals surface area contributed by atoms with Crippen molar-refractivity contribution in [1.82, 2.24) is 4.98 Å². The molecule has 6 heteroatoms. The summed E-state index contributed by atoms with van der Waals surface area (Å²) < 4.78 is 4.74. The quantitative estimate of drug-likeness (QED) is 0.582. The zero-order valence-electron chi connectivity index (χ0n) is 11.0. The number of carbonyl (C=O) groups is 1. The number of esters is 1. The molecule has 5 nitrogen and oxygen atoms in total. The van der Waals surface area contributed by atoms with Crippen molar-refractivity contribution < 1.29 is 19.7 Å². The van der Waals surface area contributed by atoms with Crippen LogP contribution in [-0.2, 0) is 4.74 Å². The van der Waals surface area contributed by atoms with Crippen LogP contribution in [0.3, 0.4) is 0 Å². The summed E-state index contributed by atoms with van der Waals surface area (Å²) in [6, 6.07) is 4.99. The zero-order valence-corrected chi connectivity index (χ0v) is 11.7. The van der Waals surface area contributed by atoms with Crippen LogP contribution in [0.1, 0.15) is 28.4 Å². The van der Waals surface area contributed by atoms with Crippen LogP contribution in [-0.4, -0.2) is 40.3 Å². The SMILES string of the molecule is COC(=O)c1cc(C(O)C(O)CCCl)cc2[nH]ccc12. The maximum Gasteiger partial charge on any atom is 0.338 e. The van der Waals surface area contributed by atoms with Crippen molar-refractivity contribution >= 4 is 28.5 Å². The second-order valence-electron chi connectivity index (χ2n) is 4.49. The van der Waals surface area contributed by atoms with Crippen LogP contribution in [0.25, 0.3) is 10.9 Å². The van der Waals surface area contributed by atoms with Crippen LogP contribution in [0.2, 0.25) is 0 Å². The van der Waals surface area contributed by atoms with Crippen LogP contribution in [0.5, 0.6) is 0 Å². The highest BCUT2D eigenvalue weighted by molar-refractivity contribution is 6.17. The Kier molecular flexibility index (Phi) is 4.65. The Balaban J connectivity index is 2.46. The average Bonchev–Trinajstić information content (AvgIpc) is 2.93. The molecule has 2 rings (SSSR count). The summed E-state index contributed by atoms with van der Waals surface area (Å²) in [6.45, 7) is 0. The molecule has 0 aliphatic heterocycles. The van der Waals surface area contributed by atoms with Gasteiger partial charge in [0.15, 0.2) is 0 Å². The number of aliphatic hydroxyl groups excluding tert-OH is 2. The fourth-order valence-corrected chi connectivity index (χ4v) is 2.35. The first kappa shape index (κ1) is 14.8. The number of carbonyl (C=O) groups excluding carboxylic acids is 1. The fraction of sp³-hybridized carbons (Fsp3) is 0.357. The number of halogens is 1. The molecule has 0 saturated carbocycles. The number of nitrogens with one attached hydrogen (secondary N) is 1. The third kappa shape index (κ3) is 2.80. The zero-order chi connectivity index (χ0) is 14.7. The van der Waals surface area contributed by atoms with E-state index < -0.39 is 18.2 Å². The largest absolute Gasteiger partial charge is 0.465 e. The predicted molar refractivity (Wildman–Crippen MR) is 75.9 cm³/mol. The van der Waals surface area contributed by atoms with E-state index in [-0.39, 0.29) is 12.3 Å². The number of aromatic amines is 1. The number of alkyl halides is 1. The molecule has 0 aliphatic rings. The van der Waals surface area contributed by atoms with E-state index >= 15 is 0 Å². The van der Waals surface area contributed by atoms with Gasteiger partial charge in [0.1, 0.15) is 6.10 Å². The monoisotopic (exact) mass is 297 g/mol. The van der Waals surface area contributed by atoms with Gasteiger partial charge in [-0.2, -0.15) is 0 Å². The molecule has 2 unspecified atom stereocenters. The van der Waals surface area contributed by atoms with Gasteiger partial charge in [0.05, 0.1) is 18.8 Å². The highest BCUT2D eigenvalue weighted by Crippen LogP contribution is 2.27. The van der Waals surface area contributed by atoms with Gasteiger partial charge in [-0.1, -0.05) is 0 Å². The van der Waals surface area contributed by atoms with Gasteiger partial charge >= 0.3 is 5.97 Å². The molecule has 0 amide bonds. The molecule has 0 saturated heterocycles. The average molecular weight is 298 g/mol. The molecule has 0 spiro atoms. The molecule has 3 N–H and O–H groups in total. The number of benzene rings is 1. The number of rotatable bonds is 5. The summed E-state index contributed by atoms with van der Waals surface area (Å²) >= 11 is 5.56. The molecule has 0 radical (unpaired) electrons. The van der Waals surface area contributed by atoms with Crippen LogP contribution < -0.4 is 0 Å². The number of aliphatic hydroxyl groups is 2. The van der Waals surface area contributed by atoms with Crippen molar-refractivity contribution in [2.75, 3.05) is 13.0 Å². The van der Waals surface area contributed by atoms with Crippen molar-refractivity contribution in [3.8, 4) is 0 Å². The lowest BCUT2D eigenvalue weighted by Gasteiger charge is -2.18. The van der Waals surface area contributed by atoms with Gasteiger partial charge in [-0.05, 0) is 30.2 Å². The Morgan fingerprint density at radius 3 is 2.85 bits per heavy atom. The van der Waals surface area contributed by atoms with E-state index in [1.807, 2.05) is 0 Å². The van der Waals surface area contributed by atoms with Crippen molar-refractivity contribution in [1.29, 1.82) is 0 Å². The van der Waals surface area contributed by atoms with Crippen molar-refractivity contribution in [3.63, 3.8) is 0 Å². The Labute approximate surface area is 121 Å². The van der Waals surface area contributed by atoms with E-state index in [1.165, 1.54) is 13.2 Å². The third-order valence-electron chi connectivity index (χ3n) is 3.21. The standard InChI is InChI=1S/C14H16ClNO4/c1-20-14(19)10-6-8(13(18)12(17)2-4-15)7-11-9(10)3-5-16-11/h3,5-7,12-13,16-18H,2,4H2,1H3. The predicted octanol–water partition coefficient (Wildman–Crippen LogP) is 1.98. The number of H-pyrrole nitrogens is 1. The fourth-order valence-electron chi connectivity index (χ4n) is 2.13. The first-order valence-corrected chi connectivity index (χ1v) is 6.73. The molecule has 0 aliphatic carbocycles. The van der Waals surface area contributed by atoms with Gasteiger partial charge in [-0.15, -0.1) is 11.6 Å². The van der Waals surface area contributed by atoms with Gasteiger partial charge in [-0.3, -0.25) is 0 Å². The van der Waals surface area contributed by atoms with E-state index in [1.54, 1.807) is 18.3 Å². The number of ether oxygens (including phenoxy) is 1. The first-order valence-electron chi connectivity index (χ1n) is 6.20. The summed E-state index contributed by atoms with van der Waals surface area (Å²) in [6.07, 6.45) is -0.128. The van der Waals surface area contributed by atoms with E-state index in [2.05, 4.69) is 4.98 Å². The number of hydrogen-bond donors (Lipinski definition) is 3. The summed E-state index contributed by atoms with van der Waals surface area (Å²) in [7, 11) is 1.30. The molecule has 20 heavy (non-hydrogen) atoms. The van der Waals surface area contributed by atoms with Crippen LogP contribution >= 0.6 is 11.6 Å². The molecule has 108 valence electrons. The van der Waals surface area contributed by atoms with Crippen molar-refractivity contribution in [2.45, 2.75) is 18.6 Å². The van der Waals surface area contributed by atoms with Gasteiger partial charge in [0, 0.05) is 23.0 Å². The van der Waals surface area contributed by atoms with Crippen molar-refractivity contribution in [3.05, 3.63) is 35.5 Å². The minimum absolute atomic E-state index is 0.243. The Bertz CT molecular complexity index is 610. The lowest BCUT2D eigenvalue weighted by atomic mass is 9.98. The topological polar surface area (TPSA) is 82.6 Å². The van der Waals surface area contributed by atoms with Gasteiger partial charge in [0.2, 0.25) is 0 Å². The summed E-state index contributed by atoms with van der Waals surface area (Å²) in [5, 5.41) is 20.6. The number of fused-ring (bicyclic) bond motifs is 1. The Morgan fingerprint density at radius 1 is 1.45 bits per heavy atom. The third-order valence-corrected chi connectivity index (χ3v) is 3.43.